The number of ether oxygens (including phenoxy) is 2. The molecule has 0 fully saturated rings. The van der Waals surface area contributed by atoms with Gasteiger partial charge in [0, 0.05) is 7.05 Å². The first-order valence-electron chi connectivity index (χ1n) is 9.46. The highest BCUT2D eigenvalue weighted by atomic mass is 16.6. The number of amides is 1. The van der Waals surface area contributed by atoms with Crippen molar-refractivity contribution in [3.63, 3.8) is 0 Å². The van der Waals surface area contributed by atoms with Gasteiger partial charge in [0.25, 0.3) is 0 Å². The average molecular weight is 344 g/mol. The predicted octanol–water partition coefficient (Wildman–Crippen LogP) is 4.78. The molecule has 0 bridgehead atoms. The normalized spacial score (nSPS) is 12.1. The van der Waals surface area contributed by atoms with Gasteiger partial charge in [0.15, 0.2) is 0 Å². The van der Waals surface area contributed by atoms with Gasteiger partial charge in [-0.1, -0.05) is 65.7 Å². The second-order valence-corrected chi connectivity index (χ2v) is 6.90. The molecule has 0 aliphatic carbocycles. The quantitative estimate of drug-likeness (QED) is 0.356. The third-order valence-corrected chi connectivity index (χ3v) is 3.99. The monoisotopic (exact) mass is 343 g/mol. The summed E-state index contributed by atoms with van der Waals surface area (Å²) in [6.07, 6.45) is 9.15. The Bertz CT molecular complexity index is 344. The van der Waals surface area contributed by atoms with Crippen LogP contribution >= 0.6 is 0 Å². The smallest absolute Gasteiger partial charge is 0.410 e. The van der Waals surface area contributed by atoms with Crippen LogP contribution in [0.4, 0.5) is 4.79 Å². The number of hydrogen-bond donors (Lipinski definition) is 0. The minimum absolute atomic E-state index is 0.270. The van der Waals surface area contributed by atoms with Gasteiger partial charge in [-0.25, -0.2) is 9.59 Å². The molecule has 1 unspecified atom stereocenters. The molecular weight excluding hydrogens is 306 g/mol. The Kier molecular flexibility index (Phi) is 13.4. The van der Waals surface area contributed by atoms with Gasteiger partial charge in [0.2, 0.25) is 0 Å². The summed E-state index contributed by atoms with van der Waals surface area (Å²) in [5.74, 6) is -0.103. The Hall–Kier alpha value is -1.26. The van der Waals surface area contributed by atoms with Crippen molar-refractivity contribution in [2.24, 2.45) is 5.92 Å². The number of unbranched alkanes of at least 4 members (excludes halogenated alkanes) is 7. The van der Waals surface area contributed by atoms with E-state index in [1.54, 1.807) is 14.0 Å². The fraction of sp³-hybridized carbons (Fsp3) is 0.895. The lowest BCUT2D eigenvalue weighted by atomic mass is 10.1. The van der Waals surface area contributed by atoms with Crippen molar-refractivity contribution in [1.82, 2.24) is 4.90 Å². The largest absolute Gasteiger partial charge is 0.464 e. The van der Waals surface area contributed by atoms with Crippen molar-refractivity contribution >= 4 is 12.1 Å². The van der Waals surface area contributed by atoms with Crippen LogP contribution in [0.15, 0.2) is 0 Å². The zero-order valence-electron chi connectivity index (χ0n) is 16.3. The molecule has 1 amide bonds. The third-order valence-electron chi connectivity index (χ3n) is 3.99. The zero-order chi connectivity index (χ0) is 18.4. The lowest BCUT2D eigenvalue weighted by Crippen LogP contribution is -2.42. The molecule has 0 aliphatic rings. The molecule has 0 N–H and O–H groups in total. The molecule has 24 heavy (non-hydrogen) atoms. The van der Waals surface area contributed by atoms with Crippen molar-refractivity contribution in [3.05, 3.63) is 0 Å². The Morgan fingerprint density at radius 3 is 1.96 bits per heavy atom. The van der Waals surface area contributed by atoms with Crippen molar-refractivity contribution in [1.29, 1.82) is 0 Å². The molecule has 0 radical (unpaired) electrons. The maximum absolute atomic E-state index is 12.0. The summed E-state index contributed by atoms with van der Waals surface area (Å²) in [6.45, 7) is 8.59. The molecule has 1 atom stereocenters. The highest BCUT2D eigenvalue weighted by Crippen LogP contribution is 2.09. The molecular formula is C19H37NO4. The van der Waals surface area contributed by atoms with Crippen LogP contribution in [-0.2, 0) is 14.3 Å². The van der Waals surface area contributed by atoms with Gasteiger partial charge < -0.3 is 9.47 Å². The number of nitrogens with zero attached hydrogens (tertiary/aromatic N) is 1. The van der Waals surface area contributed by atoms with E-state index >= 15 is 0 Å². The lowest BCUT2D eigenvalue weighted by Gasteiger charge is -2.23. The Morgan fingerprint density at radius 1 is 0.875 bits per heavy atom. The fourth-order valence-corrected chi connectivity index (χ4v) is 2.19. The number of carbonyl (C=O) groups excluding carboxylic acids is 2. The van der Waals surface area contributed by atoms with Gasteiger partial charge in [-0.05, 0) is 19.3 Å². The van der Waals surface area contributed by atoms with E-state index in [-0.39, 0.29) is 11.9 Å². The summed E-state index contributed by atoms with van der Waals surface area (Å²) in [7, 11) is 1.56. The number of carbonyl (C=O) groups is 2. The SMILES string of the molecule is CCCCCCCCCCOC(=O)C(C)N(C)C(=O)OCC(C)C. The van der Waals surface area contributed by atoms with Crippen LogP contribution in [-0.4, -0.2) is 43.3 Å². The molecule has 0 rings (SSSR count). The van der Waals surface area contributed by atoms with Gasteiger partial charge in [0.1, 0.15) is 6.04 Å². The number of esters is 1. The first kappa shape index (κ1) is 22.7. The molecule has 5 heteroatoms. The maximum Gasteiger partial charge on any atom is 0.410 e. The zero-order valence-corrected chi connectivity index (χ0v) is 16.3. The summed E-state index contributed by atoms with van der Waals surface area (Å²) in [4.78, 5) is 25.1. The molecule has 5 nitrogen and oxygen atoms in total. The van der Waals surface area contributed by atoms with Gasteiger partial charge in [0.05, 0.1) is 13.2 Å². The molecule has 0 heterocycles. The topological polar surface area (TPSA) is 55.8 Å². The molecule has 0 aromatic rings. The molecule has 0 aromatic carbocycles. The number of rotatable bonds is 13. The molecule has 0 saturated heterocycles. The van der Waals surface area contributed by atoms with Crippen LogP contribution in [0.3, 0.4) is 0 Å². The highest BCUT2D eigenvalue weighted by molar-refractivity contribution is 5.80. The Balaban J connectivity index is 3.76. The number of hydrogen-bond acceptors (Lipinski definition) is 4. The van der Waals surface area contributed by atoms with Gasteiger partial charge in [-0.3, -0.25) is 4.90 Å². The molecule has 0 spiro atoms. The van der Waals surface area contributed by atoms with Crippen molar-refractivity contribution in [2.75, 3.05) is 20.3 Å². The Morgan fingerprint density at radius 2 is 1.42 bits per heavy atom. The first-order valence-corrected chi connectivity index (χ1v) is 9.46. The van der Waals surface area contributed by atoms with E-state index in [4.69, 9.17) is 9.47 Å². The lowest BCUT2D eigenvalue weighted by molar-refractivity contribution is -0.148. The predicted molar refractivity (Wildman–Crippen MR) is 97.0 cm³/mol. The van der Waals surface area contributed by atoms with Crippen molar-refractivity contribution < 1.29 is 19.1 Å². The summed E-state index contributed by atoms with van der Waals surface area (Å²) >= 11 is 0. The highest BCUT2D eigenvalue weighted by Gasteiger charge is 2.24. The van der Waals surface area contributed by atoms with E-state index in [1.807, 2.05) is 13.8 Å². The van der Waals surface area contributed by atoms with Gasteiger partial charge >= 0.3 is 12.1 Å². The summed E-state index contributed by atoms with van der Waals surface area (Å²) < 4.78 is 10.4. The Labute approximate surface area is 148 Å². The van der Waals surface area contributed by atoms with Crippen LogP contribution in [0.25, 0.3) is 0 Å². The van der Waals surface area contributed by atoms with E-state index in [1.165, 1.54) is 43.4 Å². The maximum atomic E-state index is 12.0. The van der Waals surface area contributed by atoms with Gasteiger partial charge in [-0.2, -0.15) is 0 Å². The standard InChI is InChI=1S/C19H37NO4/c1-6-7-8-9-10-11-12-13-14-23-18(21)17(4)20(5)19(22)24-15-16(2)3/h16-17H,6-15H2,1-5H3. The summed E-state index contributed by atoms with van der Waals surface area (Å²) in [6, 6.07) is -0.626. The van der Waals surface area contributed by atoms with Crippen molar-refractivity contribution in [3.8, 4) is 0 Å². The molecule has 142 valence electrons. The van der Waals surface area contributed by atoms with E-state index in [2.05, 4.69) is 6.92 Å². The van der Waals surface area contributed by atoms with Crippen LogP contribution in [0.5, 0.6) is 0 Å². The van der Waals surface area contributed by atoms with E-state index in [9.17, 15) is 9.59 Å². The van der Waals surface area contributed by atoms with E-state index in [0.29, 0.717) is 13.2 Å². The summed E-state index contributed by atoms with van der Waals surface area (Å²) in [5.41, 5.74) is 0. The van der Waals surface area contributed by atoms with Gasteiger partial charge in [-0.15, -0.1) is 0 Å². The second kappa shape index (κ2) is 14.1. The molecule has 0 aromatic heterocycles. The number of likely N-dealkylation sites (N-methyl/N-ethyl adjacent to an activating group) is 1. The average Bonchev–Trinajstić information content (AvgIpc) is 2.56. The minimum atomic E-state index is -0.626. The molecule has 0 aliphatic heterocycles. The first-order chi connectivity index (χ1) is 11.4. The van der Waals surface area contributed by atoms with Crippen LogP contribution in [0.1, 0.15) is 79.1 Å². The van der Waals surface area contributed by atoms with Crippen LogP contribution in [0.2, 0.25) is 0 Å². The second-order valence-electron chi connectivity index (χ2n) is 6.90. The summed E-state index contributed by atoms with van der Waals surface area (Å²) in [5, 5.41) is 0. The molecule has 0 saturated carbocycles. The van der Waals surface area contributed by atoms with E-state index in [0.717, 1.165) is 12.8 Å². The van der Waals surface area contributed by atoms with Crippen LogP contribution < -0.4 is 0 Å². The fourth-order valence-electron chi connectivity index (χ4n) is 2.19. The third kappa shape index (κ3) is 11.3. The van der Waals surface area contributed by atoms with E-state index < -0.39 is 12.1 Å². The van der Waals surface area contributed by atoms with Crippen LogP contribution in [0, 0.1) is 5.92 Å². The minimum Gasteiger partial charge on any atom is -0.464 e. The van der Waals surface area contributed by atoms with Crippen molar-refractivity contribution in [2.45, 2.75) is 85.1 Å².